The van der Waals surface area contributed by atoms with Gasteiger partial charge < -0.3 is 74.5 Å². The third kappa shape index (κ3) is 19.3. The fourth-order valence-electron chi connectivity index (χ4n) is 14.8. The zero-order valence-electron chi connectivity index (χ0n) is 68.9. The van der Waals surface area contributed by atoms with Gasteiger partial charge in [-0.3, -0.25) is 9.80 Å². The zero-order chi connectivity index (χ0) is 85.9. The maximum atomic E-state index is 14.8. The van der Waals surface area contributed by atoms with Gasteiger partial charge in [-0.2, -0.15) is 18.1 Å². The molecular formula is C91H89FN24O9. The van der Waals surface area contributed by atoms with E-state index >= 15 is 0 Å². The van der Waals surface area contributed by atoms with Gasteiger partial charge in [-0.1, -0.05) is 71.8 Å². The molecule has 18 aromatic rings. The Labute approximate surface area is 715 Å². The lowest BCUT2D eigenvalue weighted by atomic mass is 10.0. The number of hydrogen-bond donors (Lipinski definition) is 5. The molecule has 0 unspecified atom stereocenters. The number of aromatic nitrogens is 16. The number of methoxy groups -OCH3 is 2. The van der Waals surface area contributed by atoms with Crippen molar-refractivity contribution in [1.29, 1.82) is 0 Å². The van der Waals surface area contributed by atoms with Gasteiger partial charge in [0.25, 0.3) is 0 Å². The molecular weight excluding hydrogens is 1590 g/mol. The highest BCUT2D eigenvalue weighted by Gasteiger charge is 2.25. The molecule has 634 valence electrons. The summed E-state index contributed by atoms with van der Waals surface area (Å²) in [6.45, 7) is 14.8. The topological polar surface area (TPSA) is 399 Å². The maximum Gasteiger partial charge on any atom is 0.223 e. The Morgan fingerprint density at radius 1 is 0.360 bits per heavy atom. The average Bonchev–Trinajstić information content (AvgIpc) is 1.66. The van der Waals surface area contributed by atoms with Gasteiger partial charge in [0.2, 0.25) is 47.1 Å². The fourth-order valence-corrected chi connectivity index (χ4v) is 14.8. The first-order valence-electron chi connectivity index (χ1n) is 40.4. The number of hydrogen-bond acceptors (Lipinski definition) is 29. The van der Waals surface area contributed by atoms with Crippen LogP contribution in [0.1, 0.15) is 27.8 Å². The average molecular weight is 1680 g/mol. The van der Waals surface area contributed by atoms with E-state index in [-0.39, 0.29) is 30.3 Å². The summed E-state index contributed by atoms with van der Waals surface area (Å²) in [6.07, 6.45) is 6.33. The second kappa shape index (κ2) is 37.4. The number of aliphatic hydroxyl groups is 1. The first-order valence-corrected chi connectivity index (χ1v) is 40.4. The normalized spacial score (nSPS) is 13.1. The summed E-state index contributed by atoms with van der Waals surface area (Å²) < 4.78 is 63.5. The molecule has 20 rings (SSSR count). The van der Waals surface area contributed by atoms with Crippen molar-refractivity contribution in [2.24, 2.45) is 0 Å². The van der Waals surface area contributed by atoms with E-state index in [1.807, 2.05) is 84.9 Å². The number of piperazine rings is 2. The van der Waals surface area contributed by atoms with Crippen LogP contribution in [0.2, 0.25) is 0 Å². The van der Waals surface area contributed by atoms with Crippen molar-refractivity contribution < 1.29 is 46.1 Å². The number of halogens is 1. The highest BCUT2D eigenvalue weighted by molar-refractivity contribution is 5.72. The lowest BCUT2D eigenvalue weighted by Crippen LogP contribution is -2.46. The number of rotatable bonds is 23. The molecule has 9 N–H and O–H groups in total. The van der Waals surface area contributed by atoms with Gasteiger partial charge in [0.1, 0.15) is 30.5 Å². The molecule has 33 nitrogen and oxygen atoms in total. The van der Waals surface area contributed by atoms with Gasteiger partial charge in [0.15, 0.2) is 45.6 Å². The van der Waals surface area contributed by atoms with E-state index in [0.717, 1.165) is 122 Å². The first kappa shape index (κ1) is 82.1. The molecule has 34 heteroatoms. The molecule has 6 aromatic carbocycles. The van der Waals surface area contributed by atoms with Crippen molar-refractivity contribution in [2.75, 3.05) is 126 Å². The molecule has 2 aliphatic heterocycles. The Hall–Kier alpha value is -15.2. The summed E-state index contributed by atoms with van der Waals surface area (Å²) in [5.41, 5.74) is 41.1. The lowest BCUT2D eigenvalue weighted by Gasteiger charge is -2.36. The Balaban J connectivity index is 0.000000121. The molecule has 0 amide bonds. The van der Waals surface area contributed by atoms with E-state index in [4.69, 9.17) is 59.6 Å². The first-order chi connectivity index (χ1) is 61.1. The molecule has 0 saturated carbocycles. The van der Waals surface area contributed by atoms with E-state index in [9.17, 15) is 9.50 Å². The van der Waals surface area contributed by atoms with Crippen LogP contribution in [0, 0.1) is 19.7 Å². The van der Waals surface area contributed by atoms with Crippen LogP contribution in [0.4, 0.5) is 39.6 Å². The van der Waals surface area contributed by atoms with Crippen LogP contribution in [0.5, 0.6) is 11.5 Å². The largest absolute Gasteiger partial charge is 0.491 e. The van der Waals surface area contributed by atoms with E-state index in [2.05, 4.69) is 154 Å². The molecule has 14 heterocycles. The molecule has 125 heavy (non-hydrogen) atoms. The molecule has 0 aliphatic carbocycles. The molecule has 2 saturated heterocycles. The highest BCUT2D eigenvalue weighted by Crippen LogP contribution is 2.33. The van der Waals surface area contributed by atoms with Gasteiger partial charge in [-0.05, 0) is 146 Å². The van der Waals surface area contributed by atoms with Gasteiger partial charge in [-0.15, -0.1) is 20.4 Å². The monoisotopic (exact) mass is 1680 g/mol. The number of aryl methyl sites for hydroxylation is 2. The number of benzene rings is 6. The van der Waals surface area contributed by atoms with Crippen LogP contribution in [0.25, 0.3) is 114 Å². The minimum absolute atomic E-state index is 0.0286. The van der Waals surface area contributed by atoms with Crippen LogP contribution in [0.15, 0.2) is 249 Å². The summed E-state index contributed by atoms with van der Waals surface area (Å²) in [7, 11) is 3.28. The second-order valence-electron chi connectivity index (χ2n) is 29.7. The third-order valence-corrected chi connectivity index (χ3v) is 20.9. The van der Waals surface area contributed by atoms with Crippen LogP contribution >= 0.6 is 0 Å². The summed E-state index contributed by atoms with van der Waals surface area (Å²) in [6, 6.07) is 65.6. The lowest BCUT2D eigenvalue weighted by molar-refractivity contribution is 0.146. The highest BCUT2D eigenvalue weighted by atomic mass is 19.1. The van der Waals surface area contributed by atoms with Crippen molar-refractivity contribution in [3.05, 3.63) is 265 Å². The fraction of sp³-hybridized carbons (Fsp3) is 0.209. The predicted molar refractivity (Wildman–Crippen MR) is 471 cm³/mol. The zero-order valence-corrected chi connectivity index (χ0v) is 68.9. The molecule has 2 aliphatic rings. The number of aliphatic hydroxyl groups excluding tert-OH is 1. The van der Waals surface area contributed by atoms with E-state index in [0.29, 0.717) is 118 Å². The van der Waals surface area contributed by atoms with Crippen LogP contribution < -0.4 is 42.2 Å². The Kier molecular flexibility index (Phi) is 24.6. The predicted octanol–water partition coefficient (Wildman–Crippen LogP) is 13.5. The number of anilines is 6. The van der Waals surface area contributed by atoms with Gasteiger partial charge in [0, 0.05) is 138 Å². The van der Waals surface area contributed by atoms with Crippen molar-refractivity contribution in [1.82, 2.24) is 88.1 Å². The summed E-state index contributed by atoms with van der Waals surface area (Å²) >= 11 is 0. The number of nitrogens with two attached hydrogens (primary N) is 4. The summed E-state index contributed by atoms with van der Waals surface area (Å²) in [5.74, 6) is 6.35. The van der Waals surface area contributed by atoms with Gasteiger partial charge in [0.05, 0.1) is 73.3 Å². The van der Waals surface area contributed by atoms with Gasteiger partial charge in [-0.25, -0.2) is 44.3 Å². The molecule has 0 radical (unpaired) electrons. The molecule has 0 atom stereocenters. The molecule has 12 aromatic heterocycles. The van der Waals surface area contributed by atoms with Crippen molar-refractivity contribution in [2.45, 2.75) is 33.5 Å². The summed E-state index contributed by atoms with van der Waals surface area (Å²) in [5, 5.41) is 26.8. The van der Waals surface area contributed by atoms with Crippen molar-refractivity contribution in [3.8, 4) is 103 Å². The van der Waals surface area contributed by atoms with Crippen LogP contribution in [-0.4, -0.2) is 186 Å². The third-order valence-electron chi connectivity index (χ3n) is 20.9. The number of nitrogen functional groups attached to an aromatic ring is 4. The van der Waals surface area contributed by atoms with Crippen molar-refractivity contribution >= 4 is 57.8 Å². The van der Waals surface area contributed by atoms with E-state index in [1.54, 1.807) is 93.9 Å². The number of nitrogens with zero attached hydrogens (tertiary/aromatic N) is 20. The maximum absolute atomic E-state index is 14.8. The number of fused-ring (bicyclic) bond motifs is 4. The van der Waals surface area contributed by atoms with E-state index in [1.165, 1.54) is 46.5 Å². The minimum atomic E-state index is -0.274. The minimum Gasteiger partial charge on any atom is -0.491 e. The summed E-state index contributed by atoms with van der Waals surface area (Å²) in [4.78, 5) is 45.4. The van der Waals surface area contributed by atoms with Crippen LogP contribution in [0.3, 0.4) is 0 Å². The molecule has 0 bridgehead atoms. The second-order valence-corrected chi connectivity index (χ2v) is 29.7. The number of furan rings is 4. The molecule has 2 fully saturated rings. The Morgan fingerprint density at radius 3 is 1.09 bits per heavy atom. The van der Waals surface area contributed by atoms with E-state index < -0.39 is 0 Å². The Bertz CT molecular complexity index is 6660. The van der Waals surface area contributed by atoms with Crippen LogP contribution in [-0.2, 0) is 29.2 Å². The molecule has 0 spiro atoms. The van der Waals surface area contributed by atoms with Crippen molar-refractivity contribution in [3.63, 3.8) is 0 Å². The SMILES string of the molecule is COCCOc1ccc(N2CCN(Cc3cccc(-c4cc5nc(-c6ccco6)nn5c(N)n4)c3)CC2)c(F)c1.COCCOc1ccc(N2CCN(Cc3cccc(-c4cc5nc(-c6ccco6)nn5c(N)n4)c3)CC2)cc1.Cc1cc(C)cc(-c2cc3nc(-c4ccco4)nn3c(N)n2)c1.Nc1nc(-c2cccc(CO)c2)cc2nc(-c3ccco3)nn12. The standard InChI is InChI=1S/C29H30FN7O3.C29H31N7O3.C17H15N5O.C16H13N5O2/c1-38-14-15-39-22-7-8-25(23(30)17-22)36-11-9-35(10-12-36)19-20-4-2-5-21(16-20)24-18-27-33-28(26-6-3-13-40-26)34-37(27)29(31)32-24;1-37-16-17-38-24-9-7-23(8-10-24)35-13-11-34(12-14-35)20-21-4-2-5-22(18-21)25-19-27-32-28(26-6-3-15-39-26)33-36(27)29(30)31-25;1-10-6-11(2)8-12(7-10)13-9-15-20-16(14-4-3-5-23-14)21-22(15)17(18)19-13;17-16-18-12(11-4-1-3-10(7-11)9-22)8-14-19-15(20-21(14)16)13-5-2-6-23-13/h2-8,13,16-18H,9-12,14-15,19H2,1H3,(H2,31,32);2-10,15,18-19H,11-14,16-17,20H2,1H3,(H2,30,31);3-9H,1-2H3,(H2,18,19);1-8,22H,9H2,(H2,17,18). The number of ether oxygens (including phenoxy) is 4. The smallest absolute Gasteiger partial charge is 0.223 e. The Morgan fingerprint density at radius 2 is 0.720 bits per heavy atom. The van der Waals surface area contributed by atoms with Gasteiger partial charge >= 0.3 is 0 Å². The quantitative estimate of drug-likeness (QED) is 0.0371.